The van der Waals surface area contributed by atoms with E-state index in [1.54, 1.807) is 4.31 Å². The third-order valence-electron chi connectivity index (χ3n) is 7.31. The minimum absolute atomic E-state index is 0.0720. The predicted molar refractivity (Wildman–Crippen MR) is 134 cm³/mol. The molecule has 2 aromatic carbocycles. The third-order valence-corrected chi connectivity index (χ3v) is 11.1. The fraction of sp³-hybridized carbons (Fsp3) is 0.538. The van der Waals surface area contributed by atoms with Gasteiger partial charge in [0.15, 0.2) is 0 Å². The number of hydrogen-bond donors (Lipinski definition) is 0. The minimum Gasteiger partial charge on any atom is -0.207 e. The molecule has 1 saturated carbocycles. The summed E-state index contributed by atoms with van der Waals surface area (Å²) in [7, 11) is -7.43. The summed E-state index contributed by atoms with van der Waals surface area (Å²) in [6, 6.07) is 15.4. The van der Waals surface area contributed by atoms with Crippen molar-refractivity contribution in [3.05, 3.63) is 60.2 Å². The lowest BCUT2D eigenvalue weighted by Crippen LogP contribution is -2.44. The number of benzene rings is 2. The van der Waals surface area contributed by atoms with Gasteiger partial charge in [-0.05, 0) is 67.3 Å². The van der Waals surface area contributed by atoms with Crippen LogP contribution in [0.5, 0.6) is 0 Å². The zero-order valence-electron chi connectivity index (χ0n) is 20.1. The number of hydrogen-bond acceptors (Lipinski definition) is 4. The van der Waals surface area contributed by atoms with E-state index < -0.39 is 20.0 Å². The molecule has 2 aromatic rings. The van der Waals surface area contributed by atoms with Crippen LogP contribution in [0.1, 0.15) is 57.9 Å². The van der Waals surface area contributed by atoms with Gasteiger partial charge in [-0.2, -0.15) is 8.61 Å². The second kappa shape index (κ2) is 10.5. The predicted octanol–water partition coefficient (Wildman–Crippen LogP) is 4.88. The van der Waals surface area contributed by atoms with Gasteiger partial charge in [0, 0.05) is 25.7 Å². The van der Waals surface area contributed by atoms with Crippen molar-refractivity contribution in [2.24, 2.45) is 11.8 Å². The molecule has 1 heterocycles. The van der Waals surface area contributed by atoms with Gasteiger partial charge in [-0.1, -0.05) is 57.0 Å². The molecule has 186 valence electrons. The van der Waals surface area contributed by atoms with E-state index >= 15 is 0 Å². The number of piperidine rings is 1. The molecular formula is C26H36N2O4S2. The van der Waals surface area contributed by atoms with Crippen molar-refractivity contribution in [2.75, 3.05) is 13.1 Å². The molecule has 0 bridgehead atoms. The van der Waals surface area contributed by atoms with E-state index in [0.717, 1.165) is 44.1 Å². The molecule has 0 spiro atoms. The molecule has 1 aliphatic carbocycles. The van der Waals surface area contributed by atoms with Crippen molar-refractivity contribution in [3.63, 3.8) is 0 Å². The van der Waals surface area contributed by atoms with Crippen LogP contribution in [0.25, 0.3) is 0 Å². The zero-order valence-corrected chi connectivity index (χ0v) is 21.8. The van der Waals surface area contributed by atoms with Gasteiger partial charge >= 0.3 is 0 Å². The summed E-state index contributed by atoms with van der Waals surface area (Å²) in [6.45, 7) is 5.52. The van der Waals surface area contributed by atoms with Crippen LogP contribution in [0.3, 0.4) is 0 Å². The van der Waals surface area contributed by atoms with E-state index in [0.29, 0.717) is 25.6 Å². The van der Waals surface area contributed by atoms with E-state index in [1.807, 2.05) is 30.3 Å². The zero-order chi connectivity index (χ0) is 24.3. The topological polar surface area (TPSA) is 74.8 Å². The van der Waals surface area contributed by atoms with Crippen LogP contribution >= 0.6 is 0 Å². The van der Waals surface area contributed by atoms with E-state index in [1.165, 1.54) is 28.6 Å². The molecule has 0 N–H and O–H groups in total. The highest BCUT2D eigenvalue weighted by atomic mass is 32.2. The standard InChI is InChI=1S/C26H36N2O4S2/c1-21-9-8-18-27(19-21)33(29,30)24-14-16-25(17-15-24)34(31,32)28(20-23-11-4-3-5-12-23)26-13-7-6-10-22(26)2/h3-5,11-12,14-17,21-22,26H,6-10,13,18-20H2,1-2H3. The monoisotopic (exact) mass is 504 g/mol. The van der Waals surface area contributed by atoms with Crippen LogP contribution < -0.4 is 0 Å². The van der Waals surface area contributed by atoms with E-state index in [4.69, 9.17) is 0 Å². The Kier molecular flexibility index (Phi) is 7.82. The Morgan fingerprint density at radius 2 is 1.47 bits per heavy atom. The van der Waals surface area contributed by atoms with Gasteiger partial charge in [0.1, 0.15) is 0 Å². The lowest BCUT2D eigenvalue weighted by molar-refractivity contribution is 0.185. The van der Waals surface area contributed by atoms with Crippen molar-refractivity contribution >= 4 is 20.0 Å². The fourth-order valence-corrected chi connectivity index (χ4v) is 8.64. The smallest absolute Gasteiger partial charge is 0.207 e. The van der Waals surface area contributed by atoms with Crippen molar-refractivity contribution in [1.82, 2.24) is 8.61 Å². The molecule has 0 amide bonds. The third kappa shape index (κ3) is 5.40. The first kappa shape index (κ1) is 25.4. The Morgan fingerprint density at radius 3 is 2.12 bits per heavy atom. The molecule has 1 aliphatic heterocycles. The van der Waals surface area contributed by atoms with Crippen molar-refractivity contribution in [3.8, 4) is 0 Å². The maximum absolute atomic E-state index is 13.9. The Labute approximate surface area is 205 Å². The Bertz CT molecular complexity index is 1170. The number of nitrogens with zero attached hydrogens (tertiary/aromatic N) is 2. The first-order valence-electron chi connectivity index (χ1n) is 12.4. The van der Waals surface area contributed by atoms with Gasteiger partial charge < -0.3 is 0 Å². The van der Waals surface area contributed by atoms with Gasteiger partial charge in [-0.25, -0.2) is 16.8 Å². The summed E-state index contributed by atoms with van der Waals surface area (Å²) in [4.78, 5) is 0.299. The van der Waals surface area contributed by atoms with Gasteiger partial charge in [0.05, 0.1) is 9.79 Å². The van der Waals surface area contributed by atoms with Gasteiger partial charge in [-0.3, -0.25) is 0 Å². The average Bonchev–Trinajstić information content (AvgIpc) is 2.84. The summed E-state index contributed by atoms with van der Waals surface area (Å²) in [5.74, 6) is 0.597. The SMILES string of the molecule is CC1CCCN(S(=O)(=O)c2ccc(S(=O)(=O)N(Cc3ccccc3)C3CCCCC3C)cc2)C1. The van der Waals surface area contributed by atoms with Crippen LogP contribution in [0.15, 0.2) is 64.4 Å². The molecule has 8 heteroatoms. The quantitative estimate of drug-likeness (QED) is 0.539. The summed E-state index contributed by atoms with van der Waals surface area (Å²) in [6.07, 6.45) is 5.87. The largest absolute Gasteiger partial charge is 0.243 e. The van der Waals surface area contributed by atoms with Crippen LogP contribution in [-0.4, -0.2) is 44.6 Å². The van der Waals surface area contributed by atoms with Crippen molar-refractivity contribution in [2.45, 2.75) is 74.7 Å². The molecule has 3 unspecified atom stereocenters. The van der Waals surface area contributed by atoms with E-state index in [-0.39, 0.29) is 21.8 Å². The van der Waals surface area contributed by atoms with Gasteiger partial charge in [-0.15, -0.1) is 0 Å². The van der Waals surface area contributed by atoms with Crippen LogP contribution in [0.2, 0.25) is 0 Å². The molecule has 0 aromatic heterocycles. The molecule has 0 radical (unpaired) electrons. The fourth-order valence-electron chi connectivity index (χ4n) is 5.30. The number of rotatable bonds is 7. The van der Waals surface area contributed by atoms with Crippen LogP contribution in [0, 0.1) is 11.8 Å². The van der Waals surface area contributed by atoms with Crippen molar-refractivity contribution < 1.29 is 16.8 Å². The molecule has 1 saturated heterocycles. The van der Waals surface area contributed by atoms with E-state index in [9.17, 15) is 16.8 Å². The molecular weight excluding hydrogens is 468 g/mol. The second-order valence-corrected chi connectivity index (χ2v) is 13.8. The maximum atomic E-state index is 13.9. The first-order chi connectivity index (χ1) is 16.2. The lowest BCUT2D eigenvalue weighted by atomic mass is 9.86. The highest BCUT2D eigenvalue weighted by Gasteiger charge is 2.36. The molecule has 3 atom stereocenters. The van der Waals surface area contributed by atoms with Gasteiger partial charge in [0.2, 0.25) is 20.0 Å². The number of sulfonamides is 2. The molecule has 34 heavy (non-hydrogen) atoms. The van der Waals surface area contributed by atoms with Crippen LogP contribution in [0.4, 0.5) is 0 Å². The lowest BCUT2D eigenvalue weighted by Gasteiger charge is -2.38. The molecule has 2 fully saturated rings. The highest BCUT2D eigenvalue weighted by molar-refractivity contribution is 7.89. The minimum atomic E-state index is -3.80. The normalized spacial score (nSPS) is 24.9. The maximum Gasteiger partial charge on any atom is 0.243 e. The van der Waals surface area contributed by atoms with Crippen LogP contribution in [-0.2, 0) is 26.6 Å². The average molecular weight is 505 g/mol. The Hall–Kier alpha value is -1.74. The summed E-state index contributed by atoms with van der Waals surface area (Å²) < 4.78 is 57.1. The second-order valence-electron chi connectivity index (χ2n) is 9.95. The molecule has 4 rings (SSSR count). The highest BCUT2D eigenvalue weighted by Crippen LogP contribution is 2.33. The van der Waals surface area contributed by atoms with E-state index in [2.05, 4.69) is 13.8 Å². The summed E-state index contributed by atoms with van der Waals surface area (Å²) in [5, 5.41) is 0. The molecule has 2 aliphatic rings. The Morgan fingerprint density at radius 1 is 0.824 bits per heavy atom. The first-order valence-corrected chi connectivity index (χ1v) is 15.2. The summed E-state index contributed by atoms with van der Waals surface area (Å²) >= 11 is 0. The summed E-state index contributed by atoms with van der Waals surface area (Å²) in [5.41, 5.74) is 0.947. The van der Waals surface area contributed by atoms with Gasteiger partial charge in [0.25, 0.3) is 0 Å². The molecule has 6 nitrogen and oxygen atoms in total. The van der Waals surface area contributed by atoms with Crippen molar-refractivity contribution in [1.29, 1.82) is 0 Å². The Balaban J connectivity index is 1.63.